The fourth-order valence-electron chi connectivity index (χ4n) is 2.46. The van der Waals surface area contributed by atoms with Gasteiger partial charge in [-0.15, -0.1) is 0 Å². The number of phenolic OH excluding ortho intramolecular Hbond substituents is 1. The van der Waals surface area contributed by atoms with Gasteiger partial charge in [-0.3, -0.25) is 4.79 Å². The zero-order valence-corrected chi connectivity index (χ0v) is 13.1. The molecule has 21 heavy (non-hydrogen) atoms. The molecule has 0 bridgehead atoms. The molecule has 5 nitrogen and oxygen atoms in total. The topological polar surface area (TPSA) is 83.5 Å². The fraction of sp³-hybridized carbons (Fsp3) is 0.533. The lowest BCUT2D eigenvalue weighted by molar-refractivity contribution is 0.0945. The lowest BCUT2D eigenvalue weighted by atomic mass is 10.00. The molecule has 0 aliphatic carbocycles. The summed E-state index contributed by atoms with van der Waals surface area (Å²) in [5.74, 6) is 0.133. The van der Waals surface area contributed by atoms with E-state index in [2.05, 4.69) is 5.32 Å². The van der Waals surface area contributed by atoms with Crippen LogP contribution in [0, 0.1) is 5.92 Å². The predicted molar refractivity (Wildman–Crippen MR) is 81.3 cm³/mol. The van der Waals surface area contributed by atoms with Crippen LogP contribution >= 0.6 is 0 Å². The van der Waals surface area contributed by atoms with Crippen LogP contribution in [0.25, 0.3) is 0 Å². The van der Waals surface area contributed by atoms with E-state index in [0.29, 0.717) is 13.0 Å². The molecule has 0 radical (unpaired) electrons. The van der Waals surface area contributed by atoms with Crippen molar-refractivity contribution in [1.29, 1.82) is 0 Å². The molecule has 116 valence electrons. The van der Waals surface area contributed by atoms with E-state index in [-0.39, 0.29) is 40.6 Å². The molecule has 2 rings (SSSR count). The molecule has 1 aromatic carbocycles. The maximum atomic E-state index is 12.1. The second kappa shape index (κ2) is 6.05. The summed E-state index contributed by atoms with van der Waals surface area (Å²) in [5.41, 5.74) is 1.21. The van der Waals surface area contributed by atoms with E-state index in [0.717, 1.165) is 5.56 Å². The fourth-order valence-corrected chi connectivity index (χ4v) is 4.32. The van der Waals surface area contributed by atoms with Crippen molar-refractivity contribution >= 4 is 15.7 Å². The van der Waals surface area contributed by atoms with E-state index in [1.807, 2.05) is 13.8 Å². The molecule has 2 N–H and O–H groups in total. The average molecular weight is 311 g/mol. The lowest BCUT2D eigenvalue weighted by Crippen LogP contribution is -2.30. The smallest absolute Gasteiger partial charge is 0.255 e. The number of hydrogen-bond acceptors (Lipinski definition) is 4. The summed E-state index contributed by atoms with van der Waals surface area (Å²) in [4.78, 5) is 12.1. The number of nitrogens with one attached hydrogen (secondary N) is 1. The zero-order chi connectivity index (χ0) is 15.6. The minimum absolute atomic E-state index is 0.0330. The molecular formula is C15H21NO4S. The predicted octanol–water partition coefficient (Wildman–Crippen LogP) is 1.68. The number of benzene rings is 1. The van der Waals surface area contributed by atoms with Crippen LogP contribution in [0.1, 0.15) is 42.1 Å². The standard InChI is InChI=1S/C15H21NO4S/c1-10(2)12-3-4-14(17)13(7-12)15(18)16-8-11-5-6-21(19,20)9-11/h3-4,7,10-11,17H,5-6,8-9H2,1-2H3,(H,16,18)/t11-/m0/s1. The molecule has 1 amide bonds. The van der Waals surface area contributed by atoms with Gasteiger partial charge in [0.25, 0.3) is 5.91 Å². The first-order valence-corrected chi connectivity index (χ1v) is 8.92. The Balaban J connectivity index is 2.02. The Labute approximate surface area is 125 Å². The highest BCUT2D eigenvalue weighted by Crippen LogP contribution is 2.23. The molecule has 1 fully saturated rings. The van der Waals surface area contributed by atoms with Gasteiger partial charge in [0.2, 0.25) is 0 Å². The van der Waals surface area contributed by atoms with Crippen molar-refractivity contribution in [3.63, 3.8) is 0 Å². The number of phenols is 1. The Morgan fingerprint density at radius 1 is 1.43 bits per heavy atom. The minimum Gasteiger partial charge on any atom is -0.507 e. The van der Waals surface area contributed by atoms with E-state index in [1.165, 1.54) is 6.07 Å². The van der Waals surface area contributed by atoms with E-state index in [4.69, 9.17) is 0 Å². The van der Waals surface area contributed by atoms with Gasteiger partial charge in [0, 0.05) is 6.54 Å². The summed E-state index contributed by atoms with van der Waals surface area (Å²) < 4.78 is 22.8. The number of aromatic hydroxyl groups is 1. The van der Waals surface area contributed by atoms with Crippen LogP contribution in [0.2, 0.25) is 0 Å². The molecular weight excluding hydrogens is 290 g/mol. The highest BCUT2D eigenvalue weighted by Gasteiger charge is 2.28. The molecule has 1 saturated heterocycles. The highest BCUT2D eigenvalue weighted by molar-refractivity contribution is 7.91. The SMILES string of the molecule is CC(C)c1ccc(O)c(C(=O)NC[C@@H]2CCS(=O)(=O)C2)c1. The summed E-state index contributed by atoms with van der Waals surface area (Å²) in [6.45, 7) is 4.35. The second-order valence-corrected chi connectivity index (χ2v) is 8.14. The number of carbonyl (C=O) groups is 1. The van der Waals surface area contributed by atoms with Crippen LogP contribution in [0.5, 0.6) is 5.75 Å². The largest absolute Gasteiger partial charge is 0.507 e. The summed E-state index contributed by atoms with van der Waals surface area (Å²) >= 11 is 0. The van der Waals surface area contributed by atoms with Crippen LogP contribution in [0.15, 0.2) is 18.2 Å². The third-order valence-electron chi connectivity index (χ3n) is 3.81. The van der Waals surface area contributed by atoms with Gasteiger partial charge in [-0.1, -0.05) is 19.9 Å². The molecule has 0 aromatic heterocycles. The summed E-state index contributed by atoms with van der Waals surface area (Å²) in [6.07, 6.45) is 0.584. The normalized spacial score (nSPS) is 20.6. The molecule has 0 unspecified atom stereocenters. The van der Waals surface area contributed by atoms with Crippen LogP contribution in [0.3, 0.4) is 0 Å². The summed E-state index contributed by atoms with van der Waals surface area (Å²) in [7, 11) is -2.93. The summed E-state index contributed by atoms with van der Waals surface area (Å²) in [6, 6.07) is 4.99. The maximum absolute atomic E-state index is 12.1. The van der Waals surface area contributed by atoms with E-state index < -0.39 is 9.84 Å². The summed E-state index contributed by atoms with van der Waals surface area (Å²) in [5, 5.41) is 12.5. The van der Waals surface area contributed by atoms with E-state index in [1.54, 1.807) is 12.1 Å². The number of sulfone groups is 1. The van der Waals surface area contributed by atoms with E-state index >= 15 is 0 Å². The molecule has 1 atom stereocenters. The van der Waals surface area contributed by atoms with Crippen LogP contribution < -0.4 is 5.32 Å². The molecule has 0 spiro atoms. The van der Waals surface area contributed by atoms with Gasteiger partial charge in [-0.25, -0.2) is 8.42 Å². The monoisotopic (exact) mass is 311 g/mol. The van der Waals surface area contributed by atoms with Crippen molar-refractivity contribution < 1.29 is 18.3 Å². The van der Waals surface area contributed by atoms with Gasteiger partial charge < -0.3 is 10.4 Å². The minimum atomic E-state index is -2.93. The number of hydrogen-bond donors (Lipinski definition) is 2. The van der Waals surface area contributed by atoms with Gasteiger partial charge >= 0.3 is 0 Å². The van der Waals surface area contributed by atoms with Gasteiger partial charge in [0.15, 0.2) is 9.84 Å². The van der Waals surface area contributed by atoms with Crippen LogP contribution in [-0.4, -0.2) is 37.5 Å². The molecule has 1 aliphatic heterocycles. The third-order valence-corrected chi connectivity index (χ3v) is 5.65. The van der Waals surface area contributed by atoms with Gasteiger partial charge in [-0.05, 0) is 36.0 Å². The van der Waals surface area contributed by atoms with Crippen molar-refractivity contribution in [2.45, 2.75) is 26.2 Å². The van der Waals surface area contributed by atoms with Gasteiger partial charge in [0.05, 0.1) is 17.1 Å². The van der Waals surface area contributed by atoms with Crippen molar-refractivity contribution in [2.24, 2.45) is 5.92 Å². The molecule has 6 heteroatoms. The Bertz CT molecular complexity index is 637. The Morgan fingerprint density at radius 2 is 2.14 bits per heavy atom. The zero-order valence-electron chi connectivity index (χ0n) is 12.3. The van der Waals surface area contributed by atoms with Crippen molar-refractivity contribution in [2.75, 3.05) is 18.1 Å². The average Bonchev–Trinajstić information content (AvgIpc) is 2.76. The van der Waals surface area contributed by atoms with Crippen molar-refractivity contribution in [3.8, 4) is 5.75 Å². The first kappa shape index (κ1) is 15.8. The number of carbonyl (C=O) groups excluding carboxylic acids is 1. The van der Waals surface area contributed by atoms with Crippen molar-refractivity contribution in [1.82, 2.24) is 5.32 Å². The van der Waals surface area contributed by atoms with Crippen LogP contribution in [-0.2, 0) is 9.84 Å². The van der Waals surface area contributed by atoms with Crippen molar-refractivity contribution in [3.05, 3.63) is 29.3 Å². The first-order valence-electron chi connectivity index (χ1n) is 7.10. The lowest BCUT2D eigenvalue weighted by Gasteiger charge is -2.12. The Hall–Kier alpha value is -1.56. The molecule has 1 aliphatic rings. The quantitative estimate of drug-likeness (QED) is 0.886. The molecule has 1 aromatic rings. The third kappa shape index (κ3) is 3.97. The number of amides is 1. The highest BCUT2D eigenvalue weighted by atomic mass is 32.2. The molecule has 0 saturated carbocycles. The molecule has 1 heterocycles. The first-order chi connectivity index (χ1) is 9.78. The van der Waals surface area contributed by atoms with Gasteiger partial charge in [-0.2, -0.15) is 0 Å². The maximum Gasteiger partial charge on any atom is 0.255 e. The van der Waals surface area contributed by atoms with Crippen LogP contribution in [0.4, 0.5) is 0 Å². The Kier molecular flexibility index (Phi) is 4.56. The van der Waals surface area contributed by atoms with Gasteiger partial charge in [0.1, 0.15) is 5.75 Å². The Morgan fingerprint density at radius 3 is 2.71 bits per heavy atom. The van der Waals surface area contributed by atoms with E-state index in [9.17, 15) is 18.3 Å². The number of rotatable bonds is 4. The second-order valence-electron chi connectivity index (χ2n) is 5.91.